The minimum atomic E-state index is -0.690. The van der Waals surface area contributed by atoms with E-state index in [4.69, 9.17) is 0 Å². The van der Waals surface area contributed by atoms with Gasteiger partial charge in [-0.15, -0.1) is 0 Å². The predicted octanol–water partition coefficient (Wildman–Crippen LogP) is 2.44. The lowest BCUT2D eigenvalue weighted by molar-refractivity contribution is 0.0595. The molecule has 2 rings (SSSR count). The summed E-state index contributed by atoms with van der Waals surface area (Å²) in [6.07, 6.45) is 1.73. The molecule has 0 aliphatic heterocycles. The van der Waals surface area contributed by atoms with E-state index in [0.717, 1.165) is 12.2 Å². The Bertz CT molecular complexity index is 610. The third-order valence-electron chi connectivity index (χ3n) is 2.95. The highest BCUT2D eigenvalue weighted by molar-refractivity contribution is 5.90. The molecule has 6 heteroatoms. The Balaban J connectivity index is 2.12. The molecule has 1 aromatic heterocycles. The Morgan fingerprint density at radius 3 is 2.95 bits per heavy atom. The molecule has 0 radical (unpaired) electrons. The van der Waals surface area contributed by atoms with Crippen LogP contribution in [0.2, 0.25) is 0 Å². The van der Waals surface area contributed by atoms with E-state index in [9.17, 15) is 9.18 Å². The fourth-order valence-electron chi connectivity index (χ4n) is 1.89. The molecule has 1 heterocycles. The van der Waals surface area contributed by atoms with Crippen molar-refractivity contribution in [3.63, 3.8) is 0 Å². The van der Waals surface area contributed by atoms with Gasteiger partial charge in [-0.25, -0.2) is 9.18 Å². The maximum absolute atomic E-state index is 13.5. The molecule has 0 aliphatic carbocycles. The van der Waals surface area contributed by atoms with Crippen LogP contribution in [0.15, 0.2) is 30.5 Å². The molecule has 0 saturated heterocycles. The molecule has 0 saturated carbocycles. The summed E-state index contributed by atoms with van der Waals surface area (Å²) in [5.41, 5.74) is 1.58. The highest BCUT2D eigenvalue weighted by Crippen LogP contribution is 2.16. The second-order valence-electron chi connectivity index (χ2n) is 4.18. The Labute approximate surface area is 116 Å². The molecule has 0 atom stereocenters. The van der Waals surface area contributed by atoms with Gasteiger partial charge in [0.1, 0.15) is 5.82 Å². The molecule has 0 unspecified atom stereocenters. The van der Waals surface area contributed by atoms with Gasteiger partial charge in [0, 0.05) is 18.4 Å². The molecule has 1 N–H and O–H groups in total. The highest BCUT2D eigenvalue weighted by atomic mass is 19.1. The lowest BCUT2D eigenvalue weighted by atomic mass is 10.2. The Morgan fingerprint density at radius 1 is 1.45 bits per heavy atom. The number of hydrogen-bond donors (Lipinski definition) is 1. The van der Waals surface area contributed by atoms with Crippen LogP contribution in [0.3, 0.4) is 0 Å². The number of esters is 1. The summed E-state index contributed by atoms with van der Waals surface area (Å²) in [7, 11) is 1.22. The molecule has 2 aromatic rings. The summed E-state index contributed by atoms with van der Waals surface area (Å²) in [6.45, 7) is 3.32. The van der Waals surface area contributed by atoms with Gasteiger partial charge in [-0.1, -0.05) is 0 Å². The smallest absolute Gasteiger partial charge is 0.340 e. The van der Waals surface area contributed by atoms with E-state index in [0.29, 0.717) is 12.2 Å². The lowest BCUT2D eigenvalue weighted by Crippen LogP contribution is -2.09. The van der Waals surface area contributed by atoms with Crippen molar-refractivity contribution in [3.8, 4) is 0 Å². The van der Waals surface area contributed by atoms with Crippen molar-refractivity contribution >= 4 is 11.7 Å². The minimum Gasteiger partial charge on any atom is -0.465 e. The van der Waals surface area contributed by atoms with Gasteiger partial charge in [0.2, 0.25) is 0 Å². The van der Waals surface area contributed by atoms with E-state index < -0.39 is 11.8 Å². The summed E-state index contributed by atoms with van der Waals surface area (Å²) >= 11 is 0. The van der Waals surface area contributed by atoms with Gasteiger partial charge in [-0.2, -0.15) is 5.10 Å². The maximum Gasteiger partial charge on any atom is 0.340 e. The Kier molecular flexibility index (Phi) is 4.34. The van der Waals surface area contributed by atoms with Crippen molar-refractivity contribution in [2.45, 2.75) is 20.0 Å². The summed E-state index contributed by atoms with van der Waals surface area (Å²) in [6, 6.07) is 6.16. The topological polar surface area (TPSA) is 56.2 Å². The van der Waals surface area contributed by atoms with Crippen LogP contribution < -0.4 is 5.32 Å². The van der Waals surface area contributed by atoms with E-state index >= 15 is 0 Å². The third kappa shape index (κ3) is 2.96. The molecule has 106 valence electrons. The van der Waals surface area contributed by atoms with E-state index in [-0.39, 0.29) is 5.56 Å². The quantitative estimate of drug-likeness (QED) is 0.853. The second kappa shape index (κ2) is 6.18. The monoisotopic (exact) mass is 277 g/mol. The zero-order valence-electron chi connectivity index (χ0n) is 11.4. The molecule has 1 aromatic carbocycles. The number of nitrogens with one attached hydrogen (secondary N) is 1. The van der Waals surface area contributed by atoms with Crippen molar-refractivity contribution in [3.05, 3.63) is 47.5 Å². The number of anilines is 1. The standard InChI is InChI=1S/C14H16FN3O2/c1-3-18-11(6-7-17-18)9-16-10-4-5-13(15)12(8-10)14(19)20-2/h4-8,16H,3,9H2,1-2H3. The van der Waals surface area contributed by atoms with Crippen molar-refractivity contribution in [2.75, 3.05) is 12.4 Å². The zero-order valence-corrected chi connectivity index (χ0v) is 11.4. The molecule has 0 amide bonds. The molecule has 0 spiro atoms. The van der Waals surface area contributed by atoms with Crippen LogP contribution in [0, 0.1) is 5.82 Å². The minimum absolute atomic E-state index is 0.0819. The zero-order chi connectivity index (χ0) is 14.5. The first-order valence-corrected chi connectivity index (χ1v) is 6.28. The van der Waals surface area contributed by atoms with Gasteiger partial charge >= 0.3 is 5.97 Å². The fraction of sp³-hybridized carbons (Fsp3) is 0.286. The van der Waals surface area contributed by atoms with Crippen LogP contribution in [0.25, 0.3) is 0 Å². The van der Waals surface area contributed by atoms with E-state index in [1.807, 2.05) is 17.7 Å². The number of carbonyl (C=O) groups is 1. The number of aromatic nitrogens is 2. The first-order chi connectivity index (χ1) is 9.65. The van der Waals surface area contributed by atoms with Crippen molar-refractivity contribution in [1.82, 2.24) is 9.78 Å². The number of ether oxygens (including phenoxy) is 1. The first kappa shape index (κ1) is 14.0. The first-order valence-electron chi connectivity index (χ1n) is 6.28. The molecule has 5 nitrogen and oxygen atoms in total. The average Bonchev–Trinajstić information content (AvgIpc) is 2.93. The Hall–Kier alpha value is -2.37. The summed E-state index contributed by atoms with van der Waals surface area (Å²) in [5.74, 6) is -1.29. The molecule has 0 fully saturated rings. The molecule has 0 aliphatic rings. The second-order valence-corrected chi connectivity index (χ2v) is 4.18. The van der Waals surface area contributed by atoms with Crippen LogP contribution in [-0.4, -0.2) is 22.9 Å². The molecular formula is C14H16FN3O2. The van der Waals surface area contributed by atoms with Crippen LogP contribution in [-0.2, 0) is 17.8 Å². The van der Waals surface area contributed by atoms with Gasteiger partial charge in [0.25, 0.3) is 0 Å². The van der Waals surface area contributed by atoms with Crippen molar-refractivity contribution < 1.29 is 13.9 Å². The molecule has 0 bridgehead atoms. The van der Waals surface area contributed by atoms with Gasteiger partial charge < -0.3 is 10.1 Å². The van der Waals surface area contributed by atoms with Crippen molar-refractivity contribution in [1.29, 1.82) is 0 Å². The highest BCUT2D eigenvalue weighted by Gasteiger charge is 2.12. The predicted molar refractivity (Wildman–Crippen MR) is 73.0 cm³/mol. The van der Waals surface area contributed by atoms with Crippen LogP contribution >= 0.6 is 0 Å². The van der Waals surface area contributed by atoms with Gasteiger partial charge in [0.05, 0.1) is 24.9 Å². The molecule has 20 heavy (non-hydrogen) atoms. The van der Waals surface area contributed by atoms with Crippen LogP contribution in [0.5, 0.6) is 0 Å². The average molecular weight is 277 g/mol. The number of carbonyl (C=O) groups excluding carboxylic acids is 1. The van der Waals surface area contributed by atoms with E-state index in [1.165, 1.54) is 19.2 Å². The number of methoxy groups -OCH3 is 1. The van der Waals surface area contributed by atoms with Crippen LogP contribution in [0.1, 0.15) is 23.0 Å². The maximum atomic E-state index is 13.5. The summed E-state index contributed by atoms with van der Waals surface area (Å²) in [4.78, 5) is 11.4. The molecular weight excluding hydrogens is 261 g/mol. The van der Waals surface area contributed by atoms with Gasteiger partial charge in [0.15, 0.2) is 0 Å². The number of halogens is 1. The largest absolute Gasteiger partial charge is 0.465 e. The van der Waals surface area contributed by atoms with Crippen LogP contribution in [0.4, 0.5) is 10.1 Å². The van der Waals surface area contributed by atoms with Gasteiger partial charge in [-0.05, 0) is 31.2 Å². The van der Waals surface area contributed by atoms with E-state index in [1.54, 1.807) is 12.3 Å². The normalized spacial score (nSPS) is 10.3. The number of aryl methyl sites for hydroxylation is 1. The summed E-state index contributed by atoms with van der Waals surface area (Å²) in [5, 5.41) is 7.30. The Morgan fingerprint density at radius 2 is 2.25 bits per heavy atom. The summed E-state index contributed by atoms with van der Waals surface area (Å²) < 4.78 is 19.9. The third-order valence-corrected chi connectivity index (χ3v) is 2.95. The number of benzene rings is 1. The SMILES string of the molecule is CCn1nccc1CNc1ccc(F)c(C(=O)OC)c1. The number of hydrogen-bond acceptors (Lipinski definition) is 4. The fourth-order valence-corrected chi connectivity index (χ4v) is 1.89. The number of nitrogens with zero attached hydrogens (tertiary/aromatic N) is 2. The van der Waals surface area contributed by atoms with Crippen molar-refractivity contribution in [2.24, 2.45) is 0 Å². The number of rotatable bonds is 5. The lowest BCUT2D eigenvalue weighted by Gasteiger charge is -2.09. The van der Waals surface area contributed by atoms with E-state index in [2.05, 4.69) is 15.2 Å². The van der Waals surface area contributed by atoms with Gasteiger partial charge in [-0.3, -0.25) is 4.68 Å².